The molecule has 0 saturated heterocycles. The zero-order chi connectivity index (χ0) is 19.0. The second kappa shape index (κ2) is 6.71. The summed E-state index contributed by atoms with van der Waals surface area (Å²) in [7, 11) is 0. The van der Waals surface area contributed by atoms with Crippen LogP contribution in [-0.2, 0) is 15.9 Å². The number of hydrogen-bond acceptors (Lipinski definition) is 0. The topological polar surface area (TPSA) is 19.9 Å². The highest BCUT2D eigenvalue weighted by molar-refractivity contribution is 5.72. The summed E-state index contributed by atoms with van der Waals surface area (Å²) in [6.45, 7) is 16.8. The van der Waals surface area contributed by atoms with Crippen molar-refractivity contribution in [1.29, 1.82) is 0 Å². The quantitative estimate of drug-likeness (QED) is 0.541. The first kappa shape index (κ1) is 19.3. The van der Waals surface area contributed by atoms with Crippen LogP contribution >= 0.6 is 0 Å². The molecule has 0 amide bonds. The van der Waals surface area contributed by atoms with E-state index in [1.54, 1.807) is 0 Å². The van der Waals surface area contributed by atoms with E-state index in [4.69, 9.17) is 0 Å². The molecule has 2 aromatic rings. The third-order valence-electron chi connectivity index (χ3n) is 4.81. The fourth-order valence-electron chi connectivity index (χ4n) is 3.00. The Bertz CT molecular complexity index is 743. The van der Waals surface area contributed by atoms with E-state index in [2.05, 4.69) is 97.9 Å². The molecule has 1 nitrogen and oxygen atoms in total. The number of rotatable bonds is 2. The first-order valence-electron chi connectivity index (χ1n) is 9.05. The van der Waals surface area contributed by atoms with Gasteiger partial charge in [-0.25, -0.2) is 0 Å². The van der Waals surface area contributed by atoms with Crippen LogP contribution in [0.3, 0.4) is 0 Å². The average Bonchev–Trinajstić information content (AvgIpc) is 2.52. The summed E-state index contributed by atoms with van der Waals surface area (Å²) in [6.07, 6.45) is 2.12. The summed E-state index contributed by atoms with van der Waals surface area (Å²) in [5, 5.41) is 13.0. The van der Waals surface area contributed by atoms with E-state index in [9.17, 15) is 5.11 Å². The summed E-state index contributed by atoms with van der Waals surface area (Å²) in [6, 6.07) is 12.8. The second-order valence-corrected chi connectivity index (χ2v) is 8.95. The molecule has 1 radical (unpaired) electrons. The first-order valence-corrected chi connectivity index (χ1v) is 9.05. The summed E-state index contributed by atoms with van der Waals surface area (Å²) >= 11 is 0. The molecule has 0 atom stereocenters. The van der Waals surface area contributed by atoms with Crippen LogP contribution in [0.15, 0.2) is 42.5 Å². The van der Waals surface area contributed by atoms with Crippen molar-refractivity contribution in [3.8, 4) is 16.9 Å². The van der Waals surface area contributed by atoms with Crippen LogP contribution in [0.5, 0.6) is 5.75 Å². The van der Waals surface area contributed by atoms with E-state index in [0.717, 1.165) is 22.3 Å². The van der Waals surface area contributed by atoms with Gasteiger partial charge in [-0.1, -0.05) is 71.9 Å². The highest BCUT2D eigenvalue weighted by Crippen LogP contribution is 2.42. The van der Waals surface area contributed by atoms with Gasteiger partial charge < -0.3 is 0 Å². The minimum absolute atomic E-state index is 0.172. The van der Waals surface area contributed by atoms with Crippen molar-refractivity contribution in [1.82, 2.24) is 0 Å². The van der Waals surface area contributed by atoms with E-state index in [1.165, 1.54) is 11.1 Å². The third-order valence-corrected chi connectivity index (χ3v) is 4.81. The lowest BCUT2D eigenvalue weighted by Crippen LogP contribution is -2.17. The Balaban J connectivity index is 2.66. The van der Waals surface area contributed by atoms with Crippen LogP contribution in [-0.4, -0.2) is 0 Å². The molecular weight excluding hydrogens is 304 g/mol. The van der Waals surface area contributed by atoms with Crippen molar-refractivity contribution < 1.29 is 5.11 Å². The third kappa shape index (κ3) is 4.15. The minimum Gasteiger partial charge on any atom is -0.289 e. The average molecular weight is 336 g/mol. The van der Waals surface area contributed by atoms with E-state index >= 15 is 0 Å². The molecule has 0 aromatic heterocycles. The van der Waals surface area contributed by atoms with Crippen LogP contribution in [0, 0.1) is 0 Å². The summed E-state index contributed by atoms with van der Waals surface area (Å²) in [5.41, 5.74) is 6.23. The molecular formula is C24H31O. The van der Waals surface area contributed by atoms with Crippen LogP contribution in [0.4, 0.5) is 0 Å². The Hall–Kier alpha value is -2.02. The molecule has 0 unspecified atom stereocenters. The highest BCUT2D eigenvalue weighted by Gasteiger charge is 2.28. The molecule has 1 heteroatoms. The zero-order valence-corrected chi connectivity index (χ0v) is 16.9. The van der Waals surface area contributed by atoms with Crippen LogP contribution in [0.1, 0.15) is 72.1 Å². The first-order chi connectivity index (χ1) is 11.4. The van der Waals surface area contributed by atoms with Crippen molar-refractivity contribution in [3.05, 3.63) is 59.2 Å². The van der Waals surface area contributed by atoms with E-state index in [1.807, 2.05) is 0 Å². The number of benzene rings is 2. The van der Waals surface area contributed by atoms with Gasteiger partial charge in [0.2, 0.25) is 0 Å². The normalized spacial score (nSPS) is 13.2. The lowest BCUT2D eigenvalue weighted by molar-refractivity contribution is 0.327. The standard InChI is InChI=1S/C24H31O/c1-9-16(2)17-10-12-18(13-11-17)19-14-20(23(3,4)5)22(25)21(15-19)24(6,7)8/h9-15H,1-8H3/b16-9-. The van der Waals surface area contributed by atoms with Gasteiger partial charge >= 0.3 is 0 Å². The Morgan fingerprint density at radius 2 is 1.24 bits per heavy atom. The summed E-state index contributed by atoms with van der Waals surface area (Å²) in [5.74, 6) is 0.185. The van der Waals surface area contributed by atoms with E-state index in [0.29, 0.717) is 0 Å². The molecule has 0 heterocycles. The van der Waals surface area contributed by atoms with Crippen LogP contribution in [0.25, 0.3) is 16.7 Å². The maximum absolute atomic E-state index is 13.0. The van der Waals surface area contributed by atoms with Gasteiger partial charge in [-0.15, -0.1) is 0 Å². The van der Waals surface area contributed by atoms with Gasteiger partial charge in [-0.2, -0.15) is 0 Å². The smallest absolute Gasteiger partial charge is 0.186 e. The van der Waals surface area contributed by atoms with Gasteiger partial charge in [0.25, 0.3) is 0 Å². The predicted molar refractivity (Wildman–Crippen MR) is 109 cm³/mol. The van der Waals surface area contributed by atoms with Crippen molar-refractivity contribution in [2.75, 3.05) is 0 Å². The lowest BCUT2D eigenvalue weighted by Gasteiger charge is -2.27. The molecule has 133 valence electrons. The monoisotopic (exact) mass is 335 g/mol. The van der Waals surface area contributed by atoms with E-state index < -0.39 is 0 Å². The maximum Gasteiger partial charge on any atom is 0.186 e. The minimum atomic E-state index is -0.172. The molecule has 0 bridgehead atoms. The number of hydrogen-bond donors (Lipinski definition) is 0. The molecule has 0 N–H and O–H groups in total. The predicted octanol–water partition coefficient (Wildman–Crippen LogP) is 7.52. The van der Waals surface area contributed by atoms with Crippen molar-refractivity contribution in [3.63, 3.8) is 0 Å². The second-order valence-electron chi connectivity index (χ2n) is 8.95. The Morgan fingerprint density at radius 1 is 0.800 bits per heavy atom. The van der Waals surface area contributed by atoms with Crippen LogP contribution in [0.2, 0.25) is 0 Å². The fourth-order valence-corrected chi connectivity index (χ4v) is 3.00. The van der Waals surface area contributed by atoms with Gasteiger partial charge in [0.1, 0.15) is 0 Å². The summed E-state index contributed by atoms with van der Waals surface area (Å²) < 4.78 is 0. The Morgan fingerprint density at radius 3 is 1.60 bits per heavy atom. The molecule has 0 fully saturated rings. The largest absolute Gasteiger partial charge is 0.289 e. The van der Waals surface area contributed by atoms with E-state index in [-0.39, 0.29) is 16.6 Å². The highest BCUT2D eigenvalue weighted by atomic mass is 16.3. The van der Waals surface area contributed by atoms with Gasteiger partial charge in [0.15, 0.2) is 5.75 Å². The Kier molecular flexibility index (Phi) is 5.18. The van der Waals surface area contributed by atoms with Crippen molar-refractivity contribution in [2.45, 2.75) is 66.2 Å². The SMILES string of the molecule is C/C=C(/C)c1ccc(-c2cc(C(C)(C)C)c([O])c(C(C)(C)C)c2)cc1. The molecule has 0 spiro atoms. The molecule has 0 aliphatic heterocycles. The van der Waals surface area contributed by atoms with Crippen molar-refractivity contribution in [2.24, 2.45) is 0 Å². The van der Waals surface area contributed by atoms with Gasteiger partial charge in [-0.3, -0.25) is 5.11 Å². The van der Waals surface area contributed by atoms with Gasteiger partial charge in [0.05, 0.1) is 0 Å². The fraction of sp³-hybridized carbons (Fsp3) is 0.417. The molecule has 2 aromatic carbocycles. The molecule has 0 saturated carbocycles. The lowest BCUT2D eigenvalue weighted by atomic mass is 9.77. The number of allylic oxidation sites excluding steroid dienone is 2. The zero-order valence-electron chi connectivity index (χ0n) is 16.9. The molecule has 0 aliphatic carbocycles. The van der Waals surface area contributed by atoms with Gasteiger partial charge in [0, 0.05) is 11.1 Å². The maximum atomic E-state index is 13.0. The summed E-state index contributed by atoms with van der Waals surface area (Å²) in [4.78, 5) is 0. The van der Waals surface area contributed by atoms with Crippen LogP contribution < -0.4 is 0 Å². The molecule has 2 rings (SSSR count). The Labute approximate surface area is 153 Å². The van der Waals surface area contributed by atoms with Crippen molar-refractivity contribution >= 4 is 5.57 Å². The molecule has 25 heavy (non-hydrogen) atoms. The van der Waals surface area contributed by atoms with Gasteiger partial charge in [-0.05, 0) is 59.1 Å². The molecule has 0 aliphatic rings.